The topological polar surface area (TPSA) is 35.5 Å². The van der Waals surface area contributed by atoms with Crippen molar-refractivity contribution < 1.29 is 14.3 Å². The predicted molar refractivity (Wildman–Crippen MR) is 84.3 cm³/mol. The van der Waals surface area contributed by atoms with Crippen LogP contribution in [0.2, 0.25) is 5.02 Å². The average Bonchev–Trinajstić information content (AvgIpc) is 2.48. The molecule has 0 heterocycles. The van der Waals surface area contributed by atoms with Gasteiger partial charge in [0.1, 0.15) is 12.4 Å². The summed E-state index contributed by atoms with van der Waals surface area (Å²) >= 11 is 6.04. The van der Waals surface area contributed by atoms with Gasteiger partial charge in [-0.3, -0.25) is 4.79 Å². The van der Waals surface area contributed by atoms with Crippen molar-refractivity contribution in [3.63, 3.8) is 0 Å². The number of Topliss-reactive ketones (excluding diaryl/α,β-unsaturated/α-hetero) is 1. The van der Waals surface area contributed by atoms with Gasteiger partial charge in [-0.2, -0.15) is 0 Å². The number of halogens is 1. The first-order valence-electron chi connectivity index (χ1n) is 7.49. The third-order valence-electron chi connectivity index (χ3n) is 4.47. The molecule has 1 saturated carbocycles. The van der Waals surface area contributed by atoms with Gasteiger partial charge in [0.25, 0.3) is 0 Å². The Bertz CT molecular complexity index is 501. The minimum Gasteiger partial charge on any atom is -0.495 e. The number of hydrogen-bond acceptors (Lipinski definition) is 3. The summed E-state index contributed by atoms with van der Waals surface area (Å²) in [5.74, 6) is 1.95. The van der Waals surface area contributed by atoms with Crippen LogP contribution in [0.5, 0.6) is 5.75 Å². The molecule has 1 aromatic rings. The highest BCUT2D eigenvalue weighted by atomic mass is 35.5. The van der Waals surface area contributed by atoms with Gasteiger partial charge in [-0.15, -0.1) is 0 Å². The molecule has 1 aliphatic rings. The van der Waals surface area contributed by atoms with Crippen LogP contribution in [-0.2, 0) is 4.74 Å². The zero-order valence-electron chi connectivity index (χ0n) is 12.9. The van der Waals surface area contributed by atoms with E-state index in [-0.39, 0.29) is 18.5 Å². The van der Waals surface area contributed by atoms with Gasteiger partial charge < -0.3 is 9.47 Å². The molecule has 0 amide bonds. The molecule has 116 valence electrons. The van der Waals surface area contributed by atoms with Crippen LogP contribution < -0.4 is 4.74 Å². The van der Waals surface area contributed by atoms with Crippen molar-refractivity contribution in [2.24, 2.45) is 11.8 Å². The van der Waals surface area contributed by atoms with Gasteiger partial charge >= 0.3 is 0 Å². The van der Waals surface area contributed by atoms with Gasteiger partial charge in [-0.25, -0.2) is 0 Å². The second kappa shape index (κ2) is 7.28. The summed E-state index contributed by atoms with van der Waals surface area (Å²) in [5.41, 5.74) is 0.568. The molecule has 3 atom stereocenters. The molecule has 21 heavy (non-hydrogen) atoms. The second-order valence-corrected chi connectivity index (χ2v) is 6.38. The fourth-order valence-electron chi connectivity index (χ4n) is 2.77. The largest absolute Gasteiger partial charge is 0.495 e. The molecule has 0 bridgehead atoms. The number of benzene rings is 1. The van der Waals surface area contributed by atoms with Crippen molar-refractivity contribution in [3.05, 3.63) is 28.8 Å². The lowest BCUT2D eigenvalue weighted by molar-refractivity contribution is 0.00708. The van der Waals surface area contributed by atoms with E-state index in [0.29, 0.717) is 22.3 Å². The van der Waals surface area contributed by atoms with E-state index in [2.05, 4.69) is 13.8 Å². The zero-order chi connectivity index (χ0) is 15.4. The number of rotatable bonds is 5. The van der Waals surface area contributed by atoms with Crippen molar-refractivity contribution in [2.75, 3.05) is 13.7 Å². The highest BCUT2D eigenvalue weighted by Crippen LogP contribution is 2.31. The quantitative estimate of drug-likeness (QED) is 0.757. The Morgan fingerprint density at radius 2 is 2.05 bits per heavy atom. The molecule has 4 heteroatoms. The summed E-state index contributed by atoms with van der Waals surface area (Å²) in [6.07, 6.45) is 3.46. The Hall–Kier alpha value is -1.06. The van der Waals surface area contributed by atoms with Crippen LogP contribution in [0.4, 0.5) is 0 Å². The number of carbonyl (C=O) groups excluding carboxylic acids is 1. The van der Waals surface area contributed by atoms with Crippen LogP contribution >= 0.6 is 11.6 Å². The summed E-state index contributed by atoms with van der Waals surface area (Å²) in [6.45, 7) is 4.66. The van der Waals surface area contributed by atoms with Crippen molar-refractivity contribution in [1.82, 2.24) is 0 Å². The molecule has 1 aromatic carbocycles. The Labute approximate surface area is 131 Å². The molecular formula is C17H23ClO3. The molecule has 0 aliphatic heterocycles. The Morgan fingerprint density at radius 3 is 2.67 bits per heavy atom. The maximum atomic E-state index is 12.2. The smallest absolute Gasteiger partial charge is 0.188 e. The molecule has 3 nitrogen and oxygen atoms in total. The van der Waals surface area contributed by atoms with E-state index in [9.17, 15) is 4.79 Å². The summed E-state index contributed by atoms with van der Waals surface area (Å²) in [6, 6.07) is 5.07. The summed E-state index contributed by atoms with van der Waals surface area (Å²) in [7, 11) is 1.55. The first-order chi connectivity index (χ1) is 10.0. The fourth-order valence-corrected chi connectivity index (χ4v) is 3.02. The first-order valence-corrected chi connectivity index (χ1v) is 7.87. The second-order valence-electron chi connectivity index (χ2n) is 5.97. The molecule has 1 fully saturated rings. The summed E-state index contributed by atoms with van der Waals surface area (Å²) in [4.78, 5) is 12.2. The first kappa shape index (κ1) is 16.3. The Kier molecular flexibility index (Phi) is 5.65. The monoisotopic (exact) mass is 310 g/mol. The maximum Gasteiger partial charge on any atom is 0.188 e. The van der Waals surface area contributed by atoms with E-state index < -0.39 is 0 Å². The third-order valence-corrected chi connectivity index (χ3v) is 4.77. The minimum atomic E-state index is -0.0363. The normalized spacial score (nSPS) is 25.6. The predicted octanol–water partition coefficient (Wildman–Crippen LogP) is 4.37. The van der Waals surface area contributed by atoms with Crippen LogP contribution in [0.15, 0.2) is 18.2 Å². The van der Waals surface area contributed by atoms with E-state index >= 15 is 0 Å². The van der Waals surface area contributed by atoms with Gasteiger partial charge in [0.15, 0.2) is 5.78 Å². The van der Waals surface area contributed by atoms with E-state index in [1.165, 1.54) is 6.42 Å². The number of hydrogen-bond donors (Lipinski definition) is 0. The van der Waals surface area contributed by atoms with Crippen LogP contribution in [0.25, 0.3) is 0 Å². The van der Waals surface area contributed by atoms with E-state index in [4.69, 9.17) is 21.1 Å². The molecule has 1 aliphatic carbocycles. The SMILES string of the molecule is COc1ccc(C(=O)COC2CCC(C)C(C)C2)cc1Cl. The zero-order valence-corrected chi connectivity index (χ0v) is 13.7. The highest BCUT2D eigenvalue weighted by molar-refractivity contribution is 6.32. The molecular weight excluding hydrogens is 288 g/mol. The van der Waals surface area contributed by atoms with Crippen molar-refractivity contribution in [3.8, 4) is 5.75 Å². The average molecular weight is 311 g/mol. The molecule has 3 unspecified atom stereocenters. The van der Waals surface area contributed by atoms with E-state index in [1.807, 2.05) is 0 Å². The number of ether oxygens (including phenoxy) is 2. The number of ketones is 1. The van der Waals surface area contributed by atoms with E-state index in [1.54, 1.807) is 25.3 Å². The van der Waals surface area contributed by atoms with Gasteiger partial charge in [0.05, 0.1) is 18.2 Å². The number of methoxy groups -OCH3 is 1. The lowest BCUT2D eigenvalue weighted by Crippen LogP contribution is -2.28. The lowest BCUT2D eigenvalue weighted by atomic mass is 9.80. The molecule has 0 radical (unpaired) electrons. The molecule has 0 spiro atoms. The summed E-state index contributed by atoms with van der Waals surface area (Å²) < 4.78 is 10.9. The Balaban J connectivity index is 1.88. The molecule has 0 N–H and O–H groups in total. The van der Waals surface area contributed by atoms with Crippen molar-refractivity contribution in [2.45, 2.75) is 39.2 Å². The summed E-state index contributed by atoms with van der Waals surface area (Å²) in [5, 5.41) is 0.448. The lowest BCUT2D eigenvalue weighted by Gasteiger charge is -2.31. The maximum absolute atomic E-state index is 12.2. The van der Waals surface area contributed by atoms with Crippen LogP contribution in [0, 0.1) is 11.8 Å². The fraction of sp³-hybridized carbons (Fsp3) is 0.588. The Morgan fingerprint density at radius 1 is 1.29 bits per heavy atom. The minimum absolute atomic E-state index is 0.0363. The van der Waals surface area contributed by atoms with Gasteiger partial charge in [-0.1, -0.05) is 25.4 Å². The van der Waals surface area contributed by atoms with Crippen LogP contribution in [0.1, 0.15) is 43.5 Å². The highest BCUT2D eigenvalue weighted by Gasteiger charge is 2.25. The molecule has 0 aromatic heterocycles. The van der Waals surface area contributed by atoms with Gasteiger partial charge in [0, 0.05) is 5.56 Å². The van der Waals surface area contributed by atoms with Crippen molar-refractivity contribution >= 4 is 17.4 Å². The van der Waals surface area contributed by atoms with Crippen LogP contribution in [0.3, 0.4) is 0 Å². The standard InChI is InChI=1S/C17H23ClO3/c1-11-4-6-14(8-12(11)2)21-10-16(19)13-5-7-17(20-3)15(18)9-13/h5,7,9,11-12,14H,4,6,8,10H2,1-3H3. The van der Waals surface area contributed by atoms with Crippen molar-refractivity contribution in [1.29, 1.82) is 0 Å². The van der Waals surface area contributed by atoms with Gasteiger partial charge in [-0.05, 0) is 49.3 Å². The molecule has 2 rings (SSSR count). The molecule has 0 saturated heterocycles. The third kappa shape index (κ3) is 4.21. The number of carbonyl (C=O) groups is 1. The van der Waals surface area contributed by atoms with Crippen LogP contribution in [-0.4, -0.2) is 25.6 Å². The van der Waals surface area contributed by atoms with E-state index in [0.717, 1.165) is 18.8 Å². The van der Waals surface area contributed by atoms with Gasteiger partial charge in [0.2, 0.25) is 0 Å².